The first-order valence-corrected chi connectivity index (χ1v) is 10.2. The average molecular weight is 448 g/mol. The van der Waals surface area contributed by atoms with Crippen molar-refractivity contribution in [3.63, 3.8) is 0 Å². The molecule has 1 fully saturated rings. The third-order valence-electron chi connectivity index (χ3n) is 5.35. The number of nitrogens with zero attached hydrogens (tertiary/aromatic N) is 1. The van der Waals surface area contributed by atoms with Gasteiger partial charge >= 0.3 is 6.61 Å². The number of methoxy groups -OCH3 is 2. The zero-order valence-electron chi connectivity index (χ0n) is 18.0. The molecule has 0 radical (unpaired) electrons. The predicted octanol–water partition coefficient (Wildman–Crippen LogP) is 3.47. The fourth-order valence-electron chi connectivity index (χ4n) is 3.73. The number of ether oxygens (including phenoxy) is 3. The van der Waals surface area contributed by atoms with Gasteiger partial charge in [0.1, 0.15) is 17.2 Å². The van der Waals surface area contributed by atoms with Crippen molar-refractivity contribution in [1.82, 2.24) is 10.2 Å². The first kappa shape index (κ1) is 23.3. The van der Waals surface area contributed by atoms with Gasteiger partial charge in [-0.2, -0.15) is 8.78 Å². The second-order valence-corrected chi connectivity index (χ2v) is 7.36. The lowest BCUT2D eigenvalue weighted by molar-refractivity contribution is -0.126. The molecule has 2 aromatic carbocycles. The number of halogens is 2. The monoisotopic (exact) mass is 448 g/mol. The van der Waals surface area contributed by atoms with E-state index in [0.717, 1.165) is 5.56 Å². The maximum atomic E-state index is 12.9. The van der Waals surface area contributed by atoms with E-state index < -0.39 is 18.4 Å². The number of piperidine rings is 1. The number of hydrogen-bond acceptors (Lipinski definition) is 5. The van der Waals surface area contributed by atoms with E-state index in [0.29, 0.717) is 30.9 Å². The van der Waals surface area contributed by atoms with Crippen molar-refractivity contribution in [2.24, 2.45) is 5.92 Å². The number of amides is 2. The number of carbonyl (C=O) groups excluding carboxylic acids is 2. The number of hydrogen-bond donors (Lipinski definition) is 1. The summed E-state index contributed by atoms with van der Waals surface area (Å²) in [6.07, 6.45) is 1.25. The van der Waals surface area contributed by atoms with Gasteiger partial charge in [-0.1, -0.05) is 12.1 Å². The van der Waals surface area contributed by atoms with Crippen LogP contribution < -0.4 is 19.5 Å². The van der Waals surface area contributed by atoms with Crippen LogP contribution >= 0.6 is 0 Å². The SMILES string of the molecule is COc1ccc(OC)c(CNC(=O)C2CCCN(C(=O)c3ccccc3OC(F)F)C2)c1. The number of benzene rings is 2. The third-order valence-corrected chi connectivity index (χ3v) is 5.35. The summed E-state index contributed by atoms with van der Waals surface area (Å²) in [4.78, 5) is 27.2. The van der Waals surface area contributed by atoms with Gasteiger partial charge in [0.15, 0.2) is 0 Å². The second-order valence-electron chi connectivity index (χ2n) is 7.36. The van der Waals surface area contributed by atoms with E-state index in [1.165, 1.54) is 23.1 Å². The molecule has 1 aliphatic heterocycles. The van der Waals surface area contributed by atoms with Gasteiger partial charge < -0.3 is 24.4 Å². The first-order chi connectivity index (χ1) is 15.4. The van der Waals surface area contributed by atoms with Crippen LogP contribution in [0, 0.1) is 5.92 Å². The van der Waals surface area contributed by atoms with Gasteiger partial charge in [-0.15, -0.1) is 0 Å². The van der Waals surface area contributed by atoms with Crippen molar-refractivity contribution in [2.75, 3.05) is 27.3 Å². The number of alkyl halides is 2. The van der Waals surface area contributed by atoms with E-state index in [9.17, 15) is 18.4 Å². The molecule has 2 aromatic rings. The van der Waals surface area contributed by atoms with Gasteiger partial charge in [0.25, 0.3) is 5.91 Å². The van der Waals surface area contributed by atoms with Crippen LogP contribution in [0.25, 0.3) is 0 Å². The summed E-state index contributed by atoms with van der Waals surface area (Å²) in [6, 6.07) is 11.2. The van der Waals surface area contributed by atoms with Crippen LogP contribution in [-0.2, 0) is 11.3 Å². The van der Waals surface area contributed by atoms with E-state index in [1.807, 2.05) is 0 Å². The molecule has 1 saturated heterocycles. The molecule has 1 unspecified atom stereocenters. The Morgan fingerprint density at radius 2 is 1.91 bits per heavy atom. The van der Waals surface area contributed by atoms with Crippen LogP contribution in [0.15, 0.2) is 42.5 Å². The average Bonchev–Trinajstić information content (AvgIpc) is 2.81. The first-order valence-electron chi connectivity index (χ1n) is 10.2. The highest BCUT2D eigenvalue weighted by molar-refractivity contribution is 5.97. The molecule has 1 aliphatic rings. The number of nitrogens with one attached hydrogen (secondary N) is 1. The summed E-state index contributed by atoms with van der Waals surface area (Å²) >= 11 is 0. The Balaban J connectivity index is 1.65. The number of rotatable bonds is 8. The summed E-state index contributed by atoms with van der Waals surface area (Å²) < 4.78 is 40.4. The molecule has 0 spiro atoms. The van der Waals surface area contributed by atoms with Crippen LogP contribution in [0.1, 0.15) is 28.8 Å². The Morgan fingerprint density at radius 1 is 1.12 bits per heavy atom. The smallest absolute Gasteiger partial charge is 0.387 e. The Bertz CT molecular complexity index is 954. The molecule has 0 aromatic heterocycles. The maximum Gasteiger partial charge on any atom is 0.387 e. The Labute approximate surface area is 185 Å². The van der Waals surface area contributed by atoms with Crippen molar-refractivity contribution in [1.29, 1.82) is 0 Å². The number of carbonyl (C=O) groups is 2. The van der Waals surface area contributed by atoms with E-state index in [1.54, 1.807) is 38.5 Å². The standard InChI is InChI=1S/C23H26F2N2O5/c1-30-17-9-10-19(31-2)16(12-17)13-26-21(28)15-6-5-11-27(14-15)22(29)18-7-3-4-8-20(18)32-23(24)25/h3-4,7-10,12,15,23H,5-6,11,13-14H2,1-2H3,(H,26,28). The fraction of sp³-hybridized carbons (Fsp3) is 0.391. The fourth-order valence-corrected chi connectivity index (χ4v) is 3.73. The van der Waals surface area contributed by atoms with Crippen LogP contribution in [0.2, 0.25) is 0 Å². The number of para-hydroxylation sites is 1. The summed E-state index contributed by atoms with van der Waals surface area (Å²) in [5.74, 6) is 0.0609. The van der Waals surface area contributed by atoms with Crippen LogP contribution in [-0.4, -0.2) is 50.6 Å². The van der Waals surface area contributed by atoms with E-state index in [4.69, 9.17) is 9.47 Å². The van der Waals surface area contributed by atoms with Crippen LogP contribution in [0.4, 0.5) is 8.78 Å². The summed E-state index contributed by atoms with van der Waals surface area (Å²) in [5.41, 5.74) is 0.817. The molecule has 2 amide bonds. The molecule has 0 aliphatic carbocycles. The van der Waals surface area contributed by atoms with Crippen molar-refractivity contribution in [3.8, 4) is 17.2 Å². The minimum atomic E-state index is -3.03. The highest BCUT2D eigenvalue weighted by atomic mass is 19.3. The third kappa shape index (κ3) is 5.66. The maximum absolute atomic E-state index is 12.9. The predicted molar refractivity (Wildman–Crippen MR) is 113 cm³/mol. The van der Waals surface area contributed by atoms with Gasteiger partial charge in [0.2, 0.25) is 5.91 Å². The van der Waals surface area contributed by atoms with Crippen molar-refractivity contribution in [2.45, 2.75) is 26.0 Å². The zero-order chi connectivity index (χ0) is 23.1. The highest BCUT2D eigenvalue weighted by Gasteiger charge is 2.30. The lowest BCUT2D eigenvalue weighted by atomic mass is 9.96. The highest BCUT2D eigenvalue weighted by Crippen LogP contribution is 2.26. The molecule has 3 rings (SSSR count). The molecule has 1 N–H and O–H groups in total. The molecule has 1 heterocycles. The molecule has 172 valence electrons. The molecule has 9 heteroatoms. The van der Waals surface area contributed by atoms with Crippen LogP contribution in [0.5, 0.6) is 17.2 Å². The minimum absolute atomic E-state index is 0.0509. The molecule has 7 nitrogen and oxygen atoms in total. The van der Waals surface area contributed by atoms with Gasteiger partial charge in [0, 0.05) is 25.2 Å². The largest absolute Gasteiger partial charge is 0.497 e. The van der Waals surface area contributed by atoms with E-state index >= 15 is 0 Å². The van der Waals surface area contributed by atoms with E-state index in [-0.39, 0.29) is 30.3 Å². The lowest BCUT2D eigenvalue weighted by Crippen LogP contribution is -2.45. The molecule has 0 bridgehead atoms. The molecule has 1 atom stereocenters. The Morgan fingerprint density at radius 3 is 2.62 bits per heavy atom. The lowest BCUT2D eigenvalue weighted by Gasteiger charge is -2.32. The molecule has 0 saturated carbocycles. The summed E-state index contributed by atoms with van der Waals surface area (Å²) in [6.45, 7) is -2.15. The Kier molecular flexibility index (Phi) is 7.86. The molecular weight excluding hydrogens is 422 g/mol. The quantitative estimate of drug-likeness (QED) is 0.669. The molecule has 32 heavy (non-hydrogen) atoms. The van der Waals surface area contributed by atoms with Gasteiger partial charge in [0.05, 0.1) is 25.7 Å². The van der Waals surface area contributed by atoms with Crippen molar-refractivity contribution < 1.29 is 32.6 Å². The van der Waals surface area contributed by atoms with Gasteiger partial charge in [-0.25, -0.2) is 0 Å². The van der Waals surface area contributed by atoms with Gasteiger partial charge in [-0.05, 0) is 43.2 Å². The zero-order valence-corrected chi connectivity index (χ0v) is 18.0. The van der Waals surface area contributed by atoms with Crippen LogP contribution in [0.3, 0.4) is 0 Å². The summed E-state index contributed by atoms with van der Waals surface area (Å²) in [5, 5.41) is 2.90. The van der Waals surface area contributed by atoms with Crippen molar-refractivity contribution >= 4 is 11.8 Å². The normalized spacial score (nSPS) is 15.9. The summed E-state index contributed by atoms with van der Waals surface area (Å²) in [7, 11) is 3.11. The van der Waals surface area contributed by atoms with E-state index in [2.05, 4.69) is 10.1 Å². The minimum Gasteiger partial charge on any atom is -0.497 e. The van der Waals surface area contributed by atoms with Crippen molar-refractivity contribution in [3.05, 3.63) is 53.6 Å². The topological polar surface area (TPSA) is 77.1 Å². The second kappa shape index (κ2) is 10.8. The molecular formula is C23H26F2N2O5. The number of likely N-dealkylation sites (tertiary alicyclic amines) is 1. The van der Waals surface area contributed by atoms with Gasteiger partial charge in [-0.3, -0.25) is 9.59 Å². The Hall–Kier alpha value is -3.36.